The number of carbonyl (C=O) groups is 1. The third-order valence-corrected chi connectivity index (χ3v) is 6.00. The number of unbranched alkanes of at least 4 members (excludes halogenated alkanes) is 9. The predicted octanol–water partition coefficient (Wildman–Crippen LogP) is 7.65. The van der Waals surface area contributed by atoms with Crippen molar-refractivity contribution in [3.05, 3.63) is 70.8 Å². The highest BCUT2D eigenvalue weighted by Gasteiger charge is 2.32. The monoisotopic (exact) mass is 476 g/mol. The first-order valence-corrected chi connectivity index (χ1v) is 12.6. The lowest BCUT2D eigenvalue weighted by molar-refractivity contribution is -0.138. The van der Waals surface area contributed by atoms with Crippen molar-refractivity contribution in [2.75, 3.05) is 6.54 Å². The van der Waals surface area contributed by atoms with Crippen molar-refractivity contribution < 1.29 is 18.0 Å². The summed E-state index contributed by atoms with van der Waals surface area (Å²) in [6, 6.07) is 12.8. The highest BCUT2D eigenvalue weighted by Crippen LogP contribution is 2.31. The Hall–Kier alpha value is -2.34. The van der Waals surface area contributed by atoms with Crippen molar-refractivity contribution in [1.82, 2.24) is 10.6 Å². The summed E-state index contributed by atoms with van der Waals surface area (Å²) in [6.07, 6.45) is 8.25. The molecule has 0 atom stereocenters. The minimum atomic E-state index is -4.36. The normalized spacial score (nSPS) is 11.5. The molecule has 0 spiro atoms. The molecule has 2 rings (SSSR count). The van der Waals surface area contributed by atoms with E-state index in [1.165, 1.54) is 63.5 Å². The lowest BCUT2D eigenvalue weighted by atomic mass is 10.1. The Morgan fingerprint density at radius 2 is 1.35 bits per heavy atom. The fourth-order valence-corrected chi connectivity index (χ4v) is 3.98. The molecule has 2 aromatic carbocycles. The van der Waals surface area contributed by atoms with E-state index in [1.807, 2.05) is 12.1 Å². The fraction of sp³-hybridized carbons (Fsp3) is 0.536. The first-order chi connectivity index (χ1) is 16.4. The molecule has 0 aliphatic rings. The number of alkyl halides is 3. The van der Waals surface area contributed by atoms with Crippen molar-refractivity contribution in [2.24, 2.45) is 0 Å². The van der Waals surface area contributed by atoms with Gasteiger partial charge in [-0.2, -0.15) is 13.2 Å². The van der Waals surface area contributed by atoms with Crippen LogP contribution in [0.4, 0.5) is 13.2 Å². The smallest absolute Gasteiger partial charge is 0.352 e. The third kappa shape index (κ3) is 10.7. The highest BCUT2D eigenvalue weighted by molar-refractivity contribution is 5.94. The molecule has 0 aromatic heterocycles. The van der Waals surface area contributed by atoms with Crippen molar-refractivity contribution >= 4 is 5.91 Å². The third-order valence-electron chi connectivity index (χ3n) is 6.00. The lowest BCUT2D eigenvalue weighted by Gasteiger charge is -2.13. The summed E-state index contributed by atoms with van der Waals surface area (Å²) in [5.41, 5.74) is 1.11. The molecule has 0 heterocycles. The van der Waals surface area contributed by atoms with E-state index in [0.717, 1.165) is 24.5 Å². The zero-order chi connectivity index (χ0) is 24.7. The van der Waals surface area contributed by atoms with Crippen LogP contribution < -0.4 is 10.6 Å². The summed E-state index contributed by atoms with van der Waals surface area (Å²) < 4.78 is 39.2. The van der Waals surface area contributed by atoms with Gasteiger partial charge in [0.1, 0.15) is 0 Å². The molecule has 2 N–H and O–H groups in total. The van der Waals surface area contributed by atoms with Gasteiger partial charge in [-0.1, -0.05) is 95.0 Å². The van der Waals surface area contributed by atoms with Gasteiger partial charge in [0.15, 0.2) is 0 Å². The van der Waals surface area contributed by atoms with E-state index >= 15 is 0 Å². The Kier molecular flexibility index (Phi) is 12.8. The van der Waals surface area contributed by atoms with Gasteiger partial charge in [0.2, 0.25) is 0 Å². The number of halogens is 3. The summed E-state index contributed by atoms with van der Waals surface area (Å²) >= 11 is 0. The molecule has 1 amide bonds. The van der Waals surface area contributed by atoms with E-state index in [0.29, 0.717) is 18.7 Å². The molecule has 0 aliphatic carbocycles. The van der Waals surface area contributed by atoms with E-state index in [4.69, 9.17) is 0 Å². The summed E-state index contributed by atoms with van der Waals surface area (Å²) in [5, 5.41) is 6.02. The van der Waals surface area contributed by atoms with Gasteiger partial charge in [0.25, 0.3) is 5.91 Å². The maximum absolute atomic E-state index is 13.1. The predicted molar refractivity (Wildman–Crippen MR) is 133 cm³/mol. The Morgan fingerprint density at radius 1 is 0.765 bits per heavy atom. The number of hydrogen-bond acceptors (Lipinski definition) is 2. The summed E-state index contributed by atoms with van der Waals surface area (Å²) in [4.78, 5) is 12.3. The van der Waals surface area contributed by atoms with Crippen molar-refractivity contribution in [1.29, 1.82) is 0 Å². The van der Waals surface area contributed by atoms with Crippen molar-refractivity contribution in [3.63, 3.8) is 0 Å². The minimum Gasteiger partial charge on any atom is -0.352 e. The van der Waals surface area contributed by atoms with E-state index in [1.54, 1.807) is 18.2 Å². The Balaban J connectivity index is 1.61. The van der Waals surface area contributed by atoms with Gasteiger partial charge in [-0.05, 0) is 35.7 Å². The number of benzene rings is 2. The van der Waals surface area contributed by atoms with Gasteiger partial charge in [-0.15, -0.1) is 0 Å². The SMILES string of the molecule is CCCCCCCCCCCCNC(=O)c1ccc(CNCc2ccccc2C(F)(F)F)cc1. The molecule has 0 bridgehead atoms. The molecule has 0 unspecified atom stereocenters. The molecular formula is C28H39F3N2O. The van der Waals surface area contributed by atoms with E-state index in [2.05, 4.69) is 17.6 Å². The molecule has 0 fully saturated rings. The number of hydrogen-bond donors (Lipinski definition) is 2. The van der Waals surface area contributed by atoms with Crippen molar-refractivity contribution in [2.45, 2.75) is 90.4 Å². The number of nitrogens with one attached hydrogen (secondary N) is 2. The van der Waals surface area contributed by atoms with E-state index in [9.17, 15) is 18.0 Å². The molecule has 6 heteroatoms. The van der Waals surface area contributed by atoms with E-state index in [-0.39, 0.29) is 18.0 Å². The van der Waals surface area contributed by atoms with Crippen LogP contribution in [0.15, 0.2) is 48.5 Å². The number of carbonyl (C=O) groups excluding carboxylic acids is 1. The van der Waals surface area contributed by atoms with Crippen LogP contribution in [-0.2, 0) is 19.3 Å². The second-order valence-corrected chi connectivity index (χ2v) is 8.89. The molecule has 2 aromatic rings. The zero-order valence-corrected chi connectivity index (χ0v) is 20.4. The molecule has 0 aliphatic heterocycles. The van der Waals surface area contributed by atoms with E-state index < -0.39 is 11.7 Å². The molecule has 0 radical (unpaired) electrons. The largest absolute Gasteiger partial charge is 0.416 e. The maximum Gasteiger partial charge on any atom is 0.416 e. The molecule has 188 valence electrons. The second kappa shape index (κ2) is 15.5. The lowest BCUT2D eigenvalue weighted by Crippen LogP contribution is -2.24. The van der Waals surface area contributed by atoms with Crippen LogP contribution in [-0.4, -0.2) is 12.5 Å². The summed E-state index contributed by atoms with van der Waals surface area (Å²) in [5.74, 6) is -0.0884. The van der Waals surface area contributed by atoms with Crippen LogP contribution in [0.3, 0.4) is 0 Å². The summed E-state index contributed by atoms with van der Waals surface area (Å²) in [7, 11) is 0. The van der Waals surface area contributed by atoms with Gasteiger partial charge in [-0.3, -0.25) is 4.79 Å². The maximum atomic E-state index is 13.1. The quantitative estimate of drug-likeness (QED) is 0.244. The number of rotatable bonds is 16. The first-order valence-electron chi connectivity index (χ1n) is 12.6. The van der Waals surface area contributed by atoms with Crippen LogP contribution in [0.1, 0.15) is 98.2 Å². The number of amides is 1. The van der Waals surface area contributed by atoms with Gasteiger partial charge < -0.3 is 10.6 Å². The van der Waals surface area contributed by atoms with Crippen LogP contribution in [0.25, 0.3) is 0 Å². The zero-order valence-electron chi connectivity index (χ0n) is 20.4. The Labute approximate surface area is 202 Å². The molecule has 0 saturated heterocycles. The van der Waals surface area contributed by atoms with Crippen LogP contribution in [0.2, 0.25) is 0 Å². The Bertz CT molecular complexity index is 834. The average molecular weight is 477 g/mol. The van der Waals surface area contributed by atoms with Crippen LogP contribution in [0.5, 0.6) is 0 Å². The molecular weight excluding hydrogens is 437 g/mol. The van der Waals surface area contributed by atoms with Crippen LogP contribution >= 0.6 is 0 Å². The Morgan fingerprint density at radius 3 is 1.97 bits per heavy atom. The average Bonchev–Trinajstić information content (AvgIpc) is 2.82. The van der Waals surface area contributed by atoms with Crippen LogP contribution in [0, 0.1) is 0 Å². The van der Waals surface area contributed by atoms with Crippen molar-refractivity contribution in [3.8, 4) is 0 Å². The van der Waals surface area contributed by atoms with Gasteiger partial charge >= 0.3 is 6.18 Å². The fourth-order valence-electron chi connectivity index (χ4n) is 3.98. The standard InChI is InChI=1S/C28H39F3N2O/c1-2-3-4-5-6-7-8-9-10-13-20-33-27(34)24-18-16-23(17-19-24)21-32-22-25-14-11-12-15-26(25)28(29,30)31/h11-12,14-19,32H,2-10,13,20-22H2,1H3,(H,33,34). The van der Waals surface area contributed by atoms with Gasteiger partial charge in [-0.25, -0.2) is 0 Å². The highest BCUT2D eigenvalue weighted by atomic mass is 19.4. The molecule has 34 heavy (non-hydrogen) atoms. The summed E-state index contributed by atoms with van der Waals surface area (Å²) in [6.45, 7) is 3.46. The topological polar surface area (TPSA) is 41.1 Å². The van der Waals surface area contributed by atoms with Gasteiger partial charge in [0, 0.05) is 25.2 Å². The first kappa shape index (κ1) is 27.9. The molecule has 3 nitrogen and oxygen atoms in total. The minimum absolute atomic E-state index is 0.0884. The second-order valence-electron chi connectivity index (χ2n) is 8.89. The van der Waals surface area contributed by atoms with Gasteiger partial charge in [0.05, 0.1) is 5.56 Å². The molecule has 0 saturated carbocycles.